The summed E-state index contributed by atoms with van der Waals surface area (Å²) in [5.74, 6) is -1.07. The molecular weight excluding hydrogens is 270 g/mol. The summed E-state index contributed by atoms with van der Waals surface area (Å²) in [7, 11) is 0. The fourth-order valence-electron chi connectivity index (χ4n) is 1.34. The molecule has 1 rings (SSSR count). The molecule has 1 aromatic rings. The van der Waals surface area contributed by atoms with Crippen LogP contribution in [0.3, 0.4) is 0 Å². The van der Waals surface area contributed by atoms with E-state index in [1.807, 2.05) is 6.92 Å². The smallest absolute Gasteiger partial charge is 0.325 e. The standard InChI is InChI=1S/C13H16ClNO4/c1-7-6-10(4-5-11(7)14)19-9(3)12(16)15-8(2)13(17)18/h4-6,8-9H,1-3H3,(H,15,16)(H,17,18). The summed E-state index contributed by atoms with van der Waals surface area (Å²) in [6.45, 7) is 4.76. The maximum absolute atomic E-state index is 11.7. The van der Waals surface area contributed by atoms with Crippen molar-refractivity contribution in [2.75, 3.05) is 0 Å². The van der Waals surface area contributed by atoms with Crippen molar-refractivity contribution in [1.82, 2.24) is 5.32 Å². The number of carboxylic acid groups (broad SMARTS) is 1. The van der Waals surface area contributed by atoms with Gasteiger partial charge in [0.2, 0.25) is 0 Å². The van der Waals surface area contributed by atoms with Gasteiger partial charge in [0, 0.05) is 5.02 Å². The van der Waals surface area contributed by atoms with Crippen LogP contribution < -0.4 is 10.1 Å². The first-order valence-electron chi connectivity index (χ1n) is 5.77. The van der Waals surface area contributed by atoms with Crippen molar-refractivity contribution in [3.05, 3.63) is 28.8 Å². The number of amides is 1. The Bertz CT molecular complexity index is 490. The second kappa shape index (κ2) is 6.43. The number of carboxylic acids is 1. The van der Waals surface area contributed by atoms with Crippen LogP contribution in [0.1, 0.15) is 19.4 Å². The van der Waals surface area contributed by atoms with E-state index in [1.165, 1.54) is 6.92 Å². The Balaban J connectivity index is 2.63. The molecule has 0 bridgehead atoms. The highest BCUT2D eigenvalue weighted by Gasteiger charge is 2.20. The van der Waals surface area contributed by atoms with Gasteiger partial charge in [0.1, 0.15) is 11.8 Å². The zero-order chi connectivity index (χ0) is 14.6. The molecule has 1 amide bonds. The molecule has 0 fully saturated rings. The molecule has 6 heteroatoms. The van der Waals surface area contributed by atoms with E-state index < -0.39 is 24.0 Å². The molecule has 0 aliphatic heterocycles. The summed E-state index contributed by atoms with van der Waals surface area (Å²) >= 11 is 5.88. The fourth-order valence-corrected chi connectivity index (χ4v) is 1.46. The first kappa shape index (κ1) is 15.3. The number of carbonyl (C=O) groups excluding carboxylic acids is 1. The molecule has 104 valence electrons. The largest absolute Gasteiger partial charge is 0.481 e. The minimum absolute atomic E-state index is 0.484. The Kier molecular flexibility index (Phi) is 5.18. The lowest BCUT2D eigenvalue weighted by Crippen LogP contribution is -2.44. The highest BCUT2D eigenvalue weighted by atomic mass is 35.5. The number of carbonyl (C=O) groups is 2. The molecule has 0 aromatic heterocycles. The number of hydrogen-bond acceptors (Lipinski definition) is 3. The van der Waals surface area contributed by atoms with Crippen molar-refractivity contribution in [2.45, 2.75) is 32.9 Å². The summed E-state index contributed by atoms with van der Waals surface area (Å²) in [4.78, 5) is 22.3. The van der Waals surface area contributed by atoms with Crippen molar-refractivity contribution in [3.8, 4) is 5.75 Å². The average molecular weight is 286 g/mol. The van der Waals surface area contributed by atoms with Gasteiger partial charge in [0.15, 0.2) is 6.10 Å². The first-order valence-corrected chi connectivity index (χ1v) is 6.15. The van der Waals surface area contributed by atoms with Crippen LogP contribution in [0.4, 0.5) is 0 Å². The Hall–Kier alpha value is -1.75. The van der Waals surface area contributed by atoms with E-state index in [1.54, 1.807) is 25.1 Å². The fraction of sp³-hybridized carbons (Fsp3) is 0.385. The van der Waals surface area contributed by atoms with E-state index in [-0.39, 0.29) is 0 Å². The lowest BCUT2D eigenvalue weighted by atomic mass is 10.2. The van der Waals surface area contributed by atoms with E-state index in [0.717, 1.165) is 5.56 Å². The van der Waals surface area contributed by atoms with Gasteiger partial charge in [0.25, 0.3) is 5.91 Å². The average Bonchev–Trinajstić information content (AvgIpc) is 2.33. The molecule has 2 atom stereocenters. The number of nitrogens with one attached hydrogen (secondary N) is 1. The van der Waals surface area contributed by atoms with Crippen LogP contribution in [0, 0.1) is 6.92 Å². The first-order chi connectivity index (χ1) is 8.81. The zero-order valence-electron chi connectivity index (χ0n) is 10.9. The van der Waals surface area contributed by atoms with Gasteiger partial charge in [-0.3, -0.25) is 9.59 Å². The Morgan fingerprint density at radius 1 is 1.37 bits per heavy atom. The monoisotopic (exact) mass is 285 g/mol. The van der Waals surface area contributed by atoms with Gasteiger partial charge < -0.3 is 15.2 Å². The third-order valence-corrected chi connectivity index (χ3v) is 2.96. The minimum atomic E-state index is -1.09. The van der Waals surface area contributed by atoms with Crippen molar-refractivity contribution in [3.63, 3.8) is 0 Å². The van der Waals surface area contributed by atoms with E-state index >= 15 is 0 Å². The van der Waals surface area contributed by atoms with Gasteiger partial charge in [-0.15, -0.1) is 0 Å². The van der Waals surface area contributed by atoms with Crippen molar-refractivity contribution >= 4 is 23.5 Å². The van der Waals surface area contributed by atoms with E-state index in [2.05, 4.69) is 5.32 Å². The van der Waals surface area contributed by atoms with E-state index in [4.69, 9.17) is 21.4 Å². The summed E-state index contributed by atoms with van der Waals surface area (Å²) in [5, 5.41) is 11.6. The summed E-state index contributed by atoms with van der Waals surface area (Å²) in [6, 6.07) is 4.09. The molecule has 1 aromatic carbocycles. The molecule has 0 aliphatic rings. The third-order valence-electron chi connectivity index (χ3n) is 2.54. The second-order valence-corrected chi connectivity index (χ2v) is 4.65. The normalized spacial score (nSPS) is 13.5. The maximum atomic E-state index is 11.7. The van der Waals surface area contributed by atoms with Gasteiger partial charge in [-0.2, -0.15) is 0 Å². The number of aryl methyl sites for hydroxylation is 1. The molecule has 0 aliphatic carbocycles. The SMILES string of the molecule is Cc1cc(OC(C)C(=O)NC(C)C(=O)O)ccc1Cl. The van der Waals surface area contributed by atoms with Gasteiger partial charge in [0.05, 0.1) is 0 Å². The number of ether oxygens (including phenoxy) is 1. The Morgan fingerprint density at radius 2 is 2.00 bits per heavy atom. The summed E-state index contributed by atoms with van der Waals surface area (Å²) in [6.07, 6.45) is -0.789. The van der Waals surface area contributed by atoms with Gasteiger partial charge in [-0.1, -0.05) is 11.6 Å². The van der Waals surface area contributed by atoms with E-state index in [9.17, 15) is 9.59 Å². The molecule has 2 unspecified atom stereocenters. The number of hydrogen-bond donors (Lipinski definition) is 2. The molecule has 19 heavy (non-hydrogen) atoms. The van der Waals surface area contributed by atoms with Crippen LogP contribution in [0.2, 0.25) is 5.02 Å². The van der Waals surface area contributed by atoms with Crippen LogP contribution in [-0.2, 0) is 9.59 Å². The minimum Gasteiger partial charge on any atom is -0.481 e. The molecular formula is C13H16ClNO4. The molecule has 0 saturated carbocycles. The highest BCUT2D eigenvalue weighted by Crippen LogP contribution is 2.21. The lowest BCUT2D eigenvalue weighted by Gasteiger charge is -2.17. The number of benzene rings is 1. The van der Waals surface area contributed by atoms with Gasteiger partial charge >= 0.3 is 5.97 Å². The molecule has 2 N–H and O–H groups in total. The maximum Gasteiger partial charge on any atom is 0.325 e. The van der Waals surface area contributed by atoms with Crippen LogP contribution in [0.15, 0.2) is 18.2 Å². The molecule has 0 heterocycles. The van der Waals surface area contributed by atoms with E-state index in [0.29, 0.717) is 10.8 Å². The Labute approximate surface area is 116 Å². The quantitative estimate of drug-likeness (QED) is 0.868. The lowest BCUT2D eigenvalue weighted by molar-refractivity contribution is -0.142. The van der Waals surface area contributed by atoms with Crippen molar-refractivity contribution in [1.29, 1.82) is 0 Å². The van der Waals surface area contributed by atoms with Crippen LogP contribution in [0.25, 0.3) is 0 Å². The van der Waals surface area contributed by atoms with Crippen molar-refractivity contribution < 1.29 is 19.4 Å². The highest BCUT2D eigenvalue weighted by molar-refractivity contribution is 6.31. The molecule has 0 saturated heterocycles. The van der Waals surface area contributed by atoms with Crippen molar-refractivity contribution in [2.24, 2.45) is 0 Å². The third kappa shape index (κ3) is 4.44. The molecule has 5 nitrogen and oxygen atoms in total. The summed E-state index contributed by atoms with van der Waals surface area (Å²) in [5.41, 5.74) is 0.839. The topological polar surface area (TPSA) is 75.6 Å². The van der Waals surface area contributed by atoms with Gasteiger partial charge in [-0.25, -0.2) is 0 Å². The number of halogens is 1. The van der Waals surface area contributed by atoms with Crippen LogP contribution in [-0.4, -0.2) is 29.1 Å². The van der Waals surface area contributed by atoms with Gasteiger partial charge in [-0.05, 0) is 44.5 Å². The predicted octanol–water partition coefficient (Wildman–Crippen LogP) is 2.01. The zero-order valence-corrected chi connectivity index (χ0v) is 11.7. The number of aliphatic carboxylic acids is 1. The predicted molar refractivity (Wildman–Crippen MR) is 71.5 cm³/mol. The van der Waals surface area contributed by atoms with Crippen LogP contribution >= 0.6 is 11.6 Å². The second-order valence-electron chi connectivity index (χ2n) is 4.24. The molecule has 0 radical (unpaired) electrons. The molecule has 0 spiro atoms. The number of rotatable bonds is 5. The van der Waals surface area contributed by atoms with Crippen LogP contribution in [0.5, 0.6) is 5.75 Å². The summed E-state index contributed by atoms with van der Waals surface area (Å²) < 4.78 is 5.43. The Morgan fingerprint density at radius 3 is 2.53 bits per heavy atom.